The zero-order chi connectivity index (χ0) is 16.0. The van der Waals surface area contributed by atoms with Gasteiger partial charge in [-0.25, -0.2) is 0 Å². The molecule has 6 heteroatoms. The van der Waals surface area contributed by atoms with E-state index < -0.39 is 8.56 Å². The van der Waals surface area contributed by atoms with Crippen molar-refractivity contribution in [2.75, 3.05) is 59.6 Å². The van der Waals surface area contributed by atoms with Crippen molar-refractivity contribution in [2.24, 2.45) is 0 Å². The average Bonchev–Trinajstić information content (AvgIpc) is 2.46. The molecule has 0 aliphatic carbocycles. The highest BCUT2D eigenvalue weighted by molar-refractivity contribution is 6.68. The monoisotopic (exact) mass is 330 g/mol. The van der Waals surface area contributed by atoms with Crippen LogP contribution >= 0.6 is 0 Å². The van der Waals surface area contributed by atoms with Crippen LogP contribution in [0.4, 0.5) is 0 Å². The van der Waals surface area contributed by atoms with Crippen LogP contribution in [0.3, 0.4) is 0 Å². The van der Waals surface area contributed by atoms with E-state index in [1.165, 1.54) is 0 Å². The van der Waals surface area contributed by atoms with E-state index in [2.05, 4.69) is 37.6 Å². The number of nitrogens with zero attached hydrogens (tertiary/aromatic N) is 2. The second-order valence-corrected chi connectivity index (χ2v) is 10.7. The minimum absolute atomic E-state index is 0.157. The molecule has 0 saturated carbocycles. The molecule has 2 aliphatic heterocycles. The van der Waals surface area contributed by atoms with Crippen LogP contribution < -0.4 is 0 Å². The Morgan fingerprint density at radius 1 is 1.23 bits per heavy atom. The molecule has 2 saturated heterocycles. The molecule has 22 heavy (non-hydrogen) atoms. The lowest BCUT2D eigenvalue weighted by Crippen LogP contribution is -2.54. The Bertz CT molecular complexity index is 325. The van der Waals surface area contributed by atoms with E-state index in [1.54, 1.807) is 0 Å². The van der Waals surface area contributed by atoms with Crippen LogP contribution in [0.15, 0.2) is 0 Å². The van der Waals surface area contributed by atoms with Gasteiger partial charge in [0.25, 0.3) is 0 Å². The van der Waals surface area contributed by atoms with E-state index in [4.69, 9.17) is 13.6 Å². The third-order valence-corrected chi connectivity index (χ3v) is 9.13. The lowest BCUT2D eigenvalue weighted by atomic mass is 10.3. The molecule has 2 unspecified atom stereocenters. The first kappa shape index (κ1) is 18.4. The number of ether oxygens (including phenoxy) is 1. The molecule has 2 fully saturated rings. The van der Waals surface area contributed by atoms with Gasteiger partial charge in [0.05, 0.1) is 12.7 Å². The maximum absolute atomic E-state index is 6.65. The predicted molar refractivity (Wildman–Crippen MR) is 91.5 cm³/mol. The number of likely N-dealkylation sites (N-methyl/N-ethyl adjacent to an activating group) is 1. The third-order valence-electron chi connectivity index (χ3n) is 4.81. The molecule has 0 aromatic heterocycles. The fourth-order valence-corrected chi connectivity index (χ4v) is 6.71. The van der Waals surface area contributed by atoms with Gasteiger partial charge in [-0.3, -0.25) is 4.90 Å². The normalized spacial score (nSPS) is 32.9. The third kappa shape index (κ3) is 5.01. The Hall–Kier alpha value is 0.0169. The topological polar surface area (TPSA) is 34.2 Å². The van der Waals surface area contributed by atoms with Crippen LogP contribution in [-0.2, 0) is 13.6 Å². The van der Waals surface area contributed by atoms with Gasteiger partial charge in [-0.15, -0.1) is 0 Å². The maximum atomic E-state index is 6.65. The van der Waals surface area contributed by atoms with E-state index in [-0.39, 0.29) is 6.10 Å². The minimum atomic E-state index is -2.12. The first-order valence-corrected chi connectivity index (χ1v) is 11.0. The molecule has 0 radical (unpaired) electrons. The SMILES string of the molecule is CCO[Si]1(C(C)C)CCCOCC(CN2CCN(C)CC2)O1. The van der Waals surface area contributed by atoms with Crippen molar-refractivity contribution in [3.8, 4) is 0 Å². The zero-order valence-electron chi connectivity index (χ0n) is 14.8. The summed E-state index contributed by atoms with van der Waals surface area (Å²) in [5.41, 5.74) is 0.487. The van der Waals surface area contributed by atoms with Crippen molar-refractivity contribution in [1.82, 2.24) is 9.80 Å². The molecule has 130 valence electrons. The van der Waals surface area contributed by atoms with E-state index in [0.29, 0.717) is 12.1 Å². The van der Waals surface area contributed by atoms with Gasteiger partial charge in [0, 0.05) is 45.9 Å². The second-order valence-electron chi connectivity index (χ2n) is 6.92. The van der Waals surface area contributed by atoms with Crippen LogP contribution in [0.5, 0.6) is 0 Å². The second kappa shape index (κ2) is 8.75. The van der Waals surface area contributed by atoms with Crippen LogP contribution in [-0.4, -0.2) is 84.1 Å². The molecule has 0 spiro atoms. The van der Waals surface area contributed by atoms with E-state index in [0.717, 1.165) is 58.4 Å². The number of hydrogen-bond donors (Lipinski definition) is 0. The molecule has 2 atom stereocenters. The first-order chi connectivity index (χ1) is 10.6. The minimum Gasteiger partial charge on any atom is -0.394 e. The largest absolute Gasteiger partial charge is 0.394 e. The lowest BCUT2D eigenvalue weighted by Gasteiger charge is -2.41. The molecule has 2 heterocycles. The molecular weight excluding hydrogens is 296 g/mol. The summed E-state index contributed by atoms with van der Waals surface area (Å²) in [6, 6.07) is 1.05. The van der Waals surface area contributed by atoms with Crippen molar-refractivity contribution >= 4 is 8.56 Å². The molecule has 0 N–H and O–H groups in total. The molecule has 0 aromatic rings. The Labute approximate surface area is 137 Å². The van der Waals surface area contributed by atoms with Crippen molar-refractivity contribution in [1.29, 1.82) is 0 Å². The van der Waals surface area contributed by atoms with Crippen molar-refractivity contribution in [2.45, 2.75) is 44.9 Å². The van der Waals surface area contributed by atoms with Crippen molar-refractivity contribution < 1.29 is 13.6 Å². The summed E-state index contributed by atoms with van der Waals surface area (Å²) in [4.78, 5) is 4.90. The highest BCUT2D eigenvalue weighted by atomic mass is 28.4. The number of hydrogen-bond acceptors (Lipinski definition) is 5. The number of piperazine rings is 1. The Kier molecular flexibility index (Phi) is 7.30. The Morgan fingerprint density at radius 3 is 2.59 bits per heavy atom. The van der Waals surface area contributed by atoms with E-state index in [1.807, 2.05) is 0 Å². The summed E-state index contributed by atoms with van der Waals surface area (Å²) in [6.07, 6.45) is 1.22. The van der Waals surface area contributed by atoms with E-state index in [9.17, 15) is 0 Å². The van der Waals surface area contributed by atoms with Crippen molar-refractivity contribution in [3.63, 3.8) is 0 Å². The average molecular weight is 331 g/mol. The van der Waals surface area contributed by atoms with Crippen LogP contribution in [0.2, 0.25) is 11.6 Å². The molecule has 0 aromatic carbocycles. The van der Waals surface area contributed by atoms with Gasteiger partial charge < -0.3 is 18.5 Å². The summed E-state index contributed by atoms with van der Waals surface area (Å²) < 4.78 is 18.7. The Morgan fingerprint density at radius 2 is 1.95 bits per heavy atom. The van der Waals surface area contributed by atoms with Crippen LogP contribution in [0.1, 0.15) is 27.2 Å². The molecule has 0 bridgehead atoms. The van der Waals surface area contributed by atoms with Crippen LogP contribution in [0.25, 0.3) is 0 Å². The summed E-state index contributed by atoms with van der Waals surface area (Å²) in [5, 5.41) is 0. The number of rotatable bonds is 5. The predicted octanol–water partition coefficient (Wildman–Crippen LogP) is 1.93. The highest BCUT2D eigenvalue weighted by Crippen LogP contribution is 2.32. The summed E-state index contributed by atoms with van der Waals surface area (Å²) in [7, 11) is 0.0722. The molecule has 2 rings (SSSR count). The smallest absolute Gasteiger partial charge is 0.341 e. The van der Waals surface area contributed by atoms with Crippen LogP contribution in [0, 0.1) is 0 Å². The van der Waals surface area contributed by atoms with Gasteiger partial charge in [-0.05, 0) is 32.0 Å². The highest BCUT2D eigenvalue weighted by Gasteiger charge is 2.44. The first-order valence-electron chi connectivity index (χ1n) is 8.86. The molecule has 0 amide bonds. The lowest BCUT2D eigenvalue weighted by molar-refractivity contribution is -0.0110. The molecular formula is C16H34N2O3Si. The van der Waals surface area contributed by atoms with Gasteiger partial charge >= 0.3 is 8.56 Å². The quantitative estimate of drug-likeness (QED) is 0.720. The zero-order valence-corrected chi connectivity index (χ0v) is 15.8. The van der Waals surface area contributed by atoms with Gasteiger partial charge in [-0.2, -0.15) is 0 Å². The Balaban J connectivity index is 1.98. The van der Waals surface area contributed by atoms with Gasteiger partial charge in [0.2, 0.25) is 0 Å². The van der Waals surface area contributed by atoms with E-state index >= 15 is 0 Å². The van der Waals surface area contributed by atoms with Gasteiger partial charge in [0.1, 0.15) is 0 Å². The fraction of sp³-hybridized carbons (Fsp3) is 1.00. The summed E-state index contributed by atoms with van der Waals surface area (Å²) in [5.74, 6) is 0. The fourth-order valence-electron chi connectivity index (χ4n) is 3.36. The maximum Gasteiger partial charge on any atom is 0.341 e. The summed E-state index contributed by atoms with van der Waals surface area (Å²) in [6.45, 7) is 14.4. The summed E-state index contributed by atoms with van der Waals surface area (Å²) >= 11 is 0. The van der Waals surface area contributed by atoms with Gasteiger partial charge in [0.15, 0.2) is 0 Å². The van der Waals surface area contributed by atoms with Crippen molar-refractivity contribution in [3.05, 3.63) is 0 Å². The molecule has 5 nitrogen and oxygen atoms in total. The standard InChI is InChI=1S/C16H34N2O3Si/c1-5-20-22(15(2)3)12-6-11-19-14-16(21-22)13-18-9-7-17(4)8-10-18/h15-16H,5-14H2,1-4H3. The molecule has 2 aliphatic rings. The van der Waals surface area contributed by atoms with Gasteiger partial charge in [-0.1, -0.05) is 13.8 Å².